The van der Waals surface area contributed by atoms with Crippen molar-refractivity contribution in [2.75, 3.05) is 41.7 Å². The van der Waals surface area contributed by atoms with Crippen LogP contribution < -0.4 is 23.7 Å². The van der Waals surface area contributed by atoms with E-state index in [-0.39, 0.29) is 12.8 Å². The third kappa shape index (κ3) is 2.53. The number of rotatable bonds is 4. The Bertz CT molecular complexity index is 1030. The van der Waals surface area contributed by atoms with Gasteiger partial charge in [-0.05, 0) is 31.2 Å². The first kappa shape index (κ1) is 18.9. The number of esters is 1. The molecule has 0 aromatic heterocycles. The third-order valence-electron chi connectivity index (χ3n) is 6.06. The zero-order valence-electron chi connectivity index (χ0n) is 17.3. The van der Waals surface area contributed by atoms with Crippen LogP contribution in [0.5, 0.6) is 28.7 Å². The second kappa shape index (κ2) is 6.98. The Morgan fingerprint density at radius 1 is 1.07 bits per heavy atom. The molecule has 0 saturated heterocycles. The Morgan fingerprint density at radius 3 is 2.60 bits per heavy atom. The highest BCUT2D eigenvalue weighted by Gasteiger charge is 2.46. The molecule has 0 aliphatic carbocycles. The van der Waals surface area contributed by atoms with Gasteiger partial charge in [-0.15, -0.1) is 0 Å². The van der Waals surface area contributed by atoms with Crippen LogP contribution in [0, 0.1) is 0 Å². The summed E-state index contributed by atoms with van der Waals surface area (Å²) < 4.78 is 33.8. The molecule has 3 aliphatic rings. The van der Waals surface area contributed by atoms with E-state index in [0.29, 0.717) is 34.3 Å². The number of fused-ring (bicyclic) bond motifs is 3. The van der Waals surface area contributed by atoms with Crippen LogP contribution in [-0.4, -0.2) is 52.6 Å². The van der Waals surface area contributed by atoms with E-state index < -0.39 is 12.1 Å². The van der Waals surface area contributed by atoms with Crippen molar-refractivity contribution in [3.63, 3.8) is 0 Å². The highest BCUT2D eigenvalue weighted by molar-refractivity contribution is 5.98. The molecule has 1 unspecified atom stereocenters. The maximum Gasteiger partial charge on any atom is 0.343 e. The molecule has 2 aromatic rings. The standard InChI is InChI=1S/C22H23NO7/c1-23-8-7-11-9-14-20(29-10-28-14)21(27-4)15(11)17(23)18-12-5-6-13(25-2)19(26-3)16(12)22(24)30-18/h5-6,9,17-18H,7-8,10H2,1-4H3/t17?,18-/m1/s1. The van der Waals surface area contributed by atoms with Crippen LogP contribution in [0.4, 0.5) is 0 Å². The lowest BCUT2D eigenvalue weighted by molar-refractivity contribution is 0.00874. The van der Waals surface area contributed by atoms with Crippen LogP contribution in [0.2, 0.25) is 0 Å². The number of ether oxygens (including phenoxy) is 6. The lowest BCUT2D eigenvalue weighted by Crippen LogP contribution is -2.36. The molecule has 0 spiro atoms. The number of hydrogen-bond acceptors (Lipinski definition) is 8. The molecule has 158 valence electrons. The van der Waals surface area contributed by atoms with Crippen molar-refractivity contribution < 1.29 is 33.2 Å². The molecule has 0 amide bonds. The van der Waals surface area contributed by atoms with E-state index in [1.165, 1.54) is 7.11 Å². The van der Waals surface area contributed by atoms with Crippen molar-refractivity contribution in [2.24, 2.45) is 0 Å². The summed E-state index contributed by atoms with van der Waals surface area (Å²) in [5.74, 6) is 2.36. The first-order valence-corrected chi connectivity index (χ1v) is 9.74. The fourth-order valence-electron chi connectivity index (χ4n) is 4.71. The van der Waals surface area contributed by atoms with Crippen LogP contribution in [-0.2, 0) is 11.2 Å². The Hall–Kier alpha value is -3.13. The third-order valence-corrected chi connectivity index (χ3v) is 6.06. The smallest absolute Gasteiger partial charge is 0.343 e. The van der Waals surface area contributed by atoms with E-state index in [2.05, 4.69) is 4.90 Å². The summed E-state index contributed by atoms with van der Waals surface area (Å²) in [4.78, 5) is 15.1. The maximum absolute atomic E-state index is 12.9. The van der Waals surface area contributed by atoms with Crippen LogP contribution >= 0.6 is 0 Å². The number of hydrogen-bond donors (Lipinski definition) is 0. The van der Waals surface area contributed by atoms with Crippen molar-refractivity contribution in [2.45, 2.75) is 18.6 Å². The van der Waals surface area contributed by atoms with Crippen molar-refractivity contribution in [1.29, 1.82) is 0 Å². The van der Waals surface area contributed by atoms with Gasteiger partial charge in [0.2, 0.25) is 12.5 Å². The molecule has 8 heteroatoms. The lowest BCUT2D eigenvalue weighted by Gasteiger charge is -2.38. The number of methoxy groups -OCH3 is 3. The normalized spacial score (nSPS) is 21.7. The van der Waals surface area contributed by atoms with Gasteiger partial charge in [0.15, 0.2) is 23.0 Å². The number of nitrogens with zero attached hydrogens (tertiary/aromatic N) is 1. The highest BCUT2D eigenvalue weighted by Crippen LogP contribution is 2.55. The average molecular weight is 413 g/mol. The summed E-state index contributed by atoms with van der Waals surface area (Å²) in [5, 5.41) is 0. The minimum Gasteiger partial charge on any atom is -0.493 e. The van der Waals surface area contributed by atoms with Crippen molar-refractivity contribution in [1.82, 2.24) is 4.90 Å². The van der Waals surface area contributed by atoms with Gasteiger partial charge in [-0.25, -0.2) is 4.79 Å². The predicted molar refractivity (Wildman–Crippen MR) is 106 cm³/mol. The van der Waals surface area contributed by atoms with Crippen LogP contribution in [0.25, 0.3) is 0 Å². The number of carbonyl (C=O) groups excluding carboxylic acids is 1. The molecule has 0 radical (unpaired) electrons. The molecule has 2 atom stereocenters. The monoisotopic (exact) mass is 413 g/mol. The fourth-order valence-corrected chi connectivity index (χ4v) is 4.71. The van der Waals surface area contributed by atoms with Gasteiger partial charge < -0.3 is 28.4 Å². The van der Waals surface area contributed by atoms with Gasteiger partial charge in [0.05, 0.1) is 27.4 Å². The number of likely N-dealkylation sites (N-methyl/N-ethyl adjacent to an activating group) is 1. The van der Waals surface area contributed by atoms with Gasteiger partial charge in [0.25, 0.3) is 0 Å². The SMILES string of the molecule is COc1ccc2c(c1OC)C(=O)O[C@H]2C1c2c(cc3c(c2OC)OCO3)CCN1C. The number of benzene rings is 2. The molecule has 3 aliphatic heterocycles. The fraction of sp³-hybridized carbons (Fsp3) is 0.409. The van der Waals surface area contributed by atoms with Crippen molar-refractivity contribution in [3.8, 4) is 28.7 Å². The van der Waals surface area contributed by atoms with Gasteiger partial charge in [0.1, 0.15) is 11.7 Å². The summed E-state index contributed by atoms with van der Waals surface area (Å²) >= 11 is 0. The molecular weight excluding hydrogens is 390 g/mol. The molecule has 5 rings (SSSR count). The summed E-state index contributed by atoms with van der Waals surface area (Å²) in [6.45, 7) is 0.963. The van der Waals surface area contributed by atoms with Crippen LogP contribution in [0.15, 0.2) is 18.2 Å². The molecular formula is C22H23NO7. The summed E-state index contributed by atoms with van der Waals surface area (Å²) in [6.07, 6.45) is 0.306. The molecule has 0 N–H and O–H groups in total. The molecule has 3 heterocycles. The largest absolute Gasteiger partial charge is 0.493 e. The Labute approximate surface area is 174 Å². The second-order valence-electron chi connectivity index (χ2n) is 7.48. The summed E-state index contributed by atoms with van der Waals surface area (Å²) in [5.41, 5.74) is 3.23. The van der Waals surface area contributed by atoms with E-state index >= 15 is 0 Å². The summed E-state index contributed by atoms with van der Waals surface area (Å²) in [6, 6.07) is 5.43. The minimum atomic E-state index is -0.523. The molecule has 0 saturated carbocycles. The Morgan fingerprint density at radius 2 is 1.87 bits per heavy atom. The van der Waals surface area contributed by atoms with Gasteiger partial charge in [-0.1, -0.05) is 6.07 Å². The first-order chi connectivity index (χ1) is 14.6. The molecule has 8 nitrogen and oxygen atoms in total. The lowest BCUT2D eigenvalue weighted by atomic mass is 9.85. The molecule has 0 fully saturated rings. The van der Waals surface area contributed by atoms with Gasteiger partial charge >= 0.3 is 5.97 Å². The number of cyclic esters (lactones) is 1. The zero-order valence-corrected chi connectivity index (χ0v) is 17.3. The van der Waals surface area contributed by atoms with Crippen molar-refractivity contribution >= 4 is 5.97 Å². The van der Waals surface area contributed by atoms with E-state index in [4.69, 9.17) is 28.4 Å². The predicted octanol–water partition coefficient (Wildman–Crippen LogP) is 2.88. The Kier molecular flexibility index (Phi) is 4.39. The second-order valence-corrected chi connectivity index (χ2v) is 7.48. The van der Waals surface area contributed by atoms with Gasteiger partial charge in [0, 0.05) is 17.7 Å². The van der Waals surface area contributed by atoms with Crippen molar-refractivity contribution in [3.05, 3.63) is 40.5 Å². The van der Waals surface area contributed by atoms with E-state index in [1.807, 2.05) is 19.2 Å². The highest BCUT2D eigenvalue weighted by atomic mass is 16.7. The van der Waals surface area contributed by atoms with Crippen LogP contribution in [0.1, 0.15) is 39.2 Å². The Balaban J connectivity index is 1.69. The van der Waals surface area contributed by atoms with E-state index in [0.717, 1.165) is 29.7 Å². The van der Waals surface area contributed by atoms with E-state index in [9.17, 15) is 4.79 Å². The topological polar surface area (TPSA) is 75.7 Å². The van der Waals surface area contributed by atoms with E-state index in [1.54, 1.807) is 20.3 Å². The van der Waals surface area contributed by atoms with Gasteiger partial charge in [-0.2, -0.15) is 0 Å². The number of carbonyl (C=O) groups is 1. The van der Waals surface area contributed by atoms with Crippen LogP contribution in [0.3, 0.4) is 0 Å². The zero-order chi connectivity index (χ0) is 21.0. The molecule has 30 heavy (non-hydrogen) atoms. The summed E-state index contributed by atoms with van der Waals surface area (Å²) in [7, 11) is 6.70. The average Bonchev–Trinajstić information content (AvgIpc) is 3.35. The first-order valence-electron chi connectivity index (χ1n) is 9.74. The quantitative estimate of drug-likeness (QED) is 0.709. The molecule has 2 aromatic carbocycles. The maximum atomic E-state index is 12.9. The molecule has 0 bridgehead atoms. The minimum absolute atomic E-state index is 0.160. The van der Waals surface area contributed by atoms with Gasteiger partial charge in [-0.3, -0.25) is 4.90 Å².